The number of anilines is 1. The van der Waals surface area contributed by atoms with Gasteiger partial charge in [-0.1, -0.05) is 22.0 Å². The van der Waals surface area contributed by atoms with Crippen LogP contribution in [0.1, 0.15) is 17.5 Å². The van der Waals surface area contributed by atoms with Gasteiger partial charge in [-0.15, -0.1) is 0 Å². The monoisotopic (exact) mass is 254 g/mol. The lowest BCUT2D eigenvalue weighted by atomic mass is 10.2. The molecule has 1 aliphatic heterocycles. The average Bonchev–Trinajstić information content (AvgIpc) is 2.51. The molecule has 0 saturated carbocycles. The van der Waals surface area contributed by atoms with E-state index in [2.05, 4.69) is 45.7 Å². The van der Waals surface area contributed by atoms with Crippen molar-refractivity contribution in [3.8, 4) is 0 Å². The Hall–Kier alpha value is -0.570. The molecular weight excluding hydrogens is 240 g/mol. The number of nitrogens with zero attached hydrogens (tertiary/aromatic N) is 2. The van der Waals surface area contributed by atoms with Gasteiger partial charge in [-0.05, 0) is 31.4 Å². The number of pyridine rings is 1. The molecule has 0 aromatic carbocycles. The molecule has 2 nitrogen and oxygen atoms in total. The van der Waals surface area contributed by atoms with Crippen molar-refractivity contribution < 1.29 is 0 Å². The summed E-state index contributed by atoms with van der Waals surface area (Å²) >= 11 is 3.65. The maximum absolute atomic E-state index is 4.50. The Morgan fingerprint density at radius 1 is 1.50 bits per heavy atom. The maximum Gasteiger partial charge on any atom is 0.131 e. The molecule has 2 rings (SSSR count). The molecule has 1 aliphatic rings. The fourth-order valence-electron chi connectivity index (χ4n) is 1.95. The lowest BCUT2D eigenvalue weighted by molar-refractivity contribution is 0.926. The minimum atomic E-state index is 0.630. The van der Waals surface area contributed by atoms with Crippen molar-refractivity contribution in [3.63, 3.8) is 0 Å². The van der Waals surface area contributed by atoms with Crippen molar-refractivity contribution in [1.82, 2.24) is 4.98 Å². The lowest BCUT2D eigenvalue weighted by Gasteiger charge is -2.18. The Bertz CT molecular complexity index is 338. The van der Waals surface area contributed by atoms with Crippen LogP contribution in [0.4, 0.5) is 5.82 Å². The van der Waals surface area contributed by atoms with Gasteiger partial charge in [-0.3, -0.25) is 0 Å². The number of aromatic nitrogens is 1. The highest BCUT2D eigenvalue weighted by molar-refractivity contribution is 9.09. The third-order valence-electron chi connectivity index (χ3n) is 2.62. The van der Waals surface area contributed by atoms with Crippen LogP contribution in [0.2, 0.25) is 0 Å². The van der Waals surface area contributed by atoms with Gasteiger partial charge in [0.25, 0.3) is 0 Å². The molecule has 1 fully saturated rings. The van der Waals surface area contributed by atoms with Crippen LogP contribution in [0.5, 0.6) is 0 Å². The molecule has 0 radical (unpaired) electrons. The second kappa shape index (κ2) is 3.89. The summed E-state index contributed by atoms with van der Waals surface area (Å²) < 4.78 is 0. The Kier molecular flexibility index (Phi) is 2.77. The first-order chi connectivity index (χ1) is 6.66. The van der Waals surface area contributed by atoms with E-state index < -0.39 is 0 Å². The highest BCUT2D eigenvalue weighted by atomic mass is 79.9. The van der Waals surface area contributed by atoms with Gasteiger partial charge < -0.3 is 4.90 Å². The first-order valence-electron chi connectivity index (χ1n) is 4.99. The Morgan fingerprint density at radius 3 is 2.86 bits per heavy atom. The maximum atomic E-state index is 4.50. The molecule has 1 aromatic heterocycles. The summed E-state index contributed by atoms with van der Waals surface area (Å²) in [5, 5.41) is 0. The molecular formula is C11H15BrN2. The van der Waals surface area contributed by atoms with Crippen molar-refractivity contribution in [1.29, 1.82) is 0 Å². The minimum Gasteiger partial charge on any atom is -0.355 e. The van der Waals surface area contributed by atoms with Gasteiger partial charge in [0, 0.05) is 24.1 Å². The summed E-state index contributed by atoms with van der Waals surface area (Å²) in [4.78, 5) is 7.48. The Balaban J connectivity index is 2.24. The molecule has 14 heavy (non-hydrogen) atoms. The van der Waals surface area contributed by atoms with Gasteiger partial charge in [-0.2, -0.15) is 0 Å². The van der Waals surface area contributed by atoms with Crippen molar-refractivity contribution in [2.45, 2.75) is 25.1 Å². The van der Waals surface area contributed by atoms with Crippen LogP contribution < -0.4 is 4.90 Å². The quantitative estimate of drug-likeness (QED) is 0.717. The van der Waals surface area contributed by atoms with Gasteiger partial charge in [0.1, 0.15) is 5.82 Å². The molecule has 1 unspecified atom stereocenters. The van der Waals surface area contributed by atoms with E-state index in [4.69, 9.17) is 0 Å². The molecule has 0 spiro atoms. The molecule has 76 valence electrons. The van der Waals surface area contributed by atoms with Crippen molar-refractivity contribution in [3.05, 3.63) is 23.4 Å². The van der Waals surface area contributed by atoms with Gasteiger partial charge in [-0.25, -0.2) is 4.98 Å². The van der Waals surface area contributed by atoms with Crippen molar-refractivity contribution in [2.24, 2.45) is 0 Å². The number of hydrogen-bond donors (Lipinski definition) is 0. The topological polar surface area (TPSA) is 16.1 Å². The van der Waals surface area contributed by atoms with E-state index in [9.17, 15) is 0 Å². The zero-order valence-corrected chi connectivity index (χ0v) is 10.2. The summed E-state index contributed by atoms with van der Waals surface area (Å²) in [5.41, 5.74) is 2.52. The van der Waals surface area contributed by atoms with Crippen LogP contribution in [-0.2, 0) is 0 Å². The smallest absolute Gasteiger partial charge is 0.131 e. The number of hydrogen-bond acceptors (Lipinski definition) is 2. The minimum absolute atomic E-state index is 0.630. The van der Waals surface area contributed by atoms with Crippen LogP contribution in [-0.4, -0.2) is 22.9 Å². The summed E-state index contributed by atoms with van der Waals surface area (Å²) in [5.74, 6) is 1.15. The van der Waals surface area contributed by atoms with Crippen LogP contribution in [0.3, 0.4) is 0 Å². The Morgan fingerprint density at radius 2 is 2.29 bits per heavy atom. The molecule has 0 amide bonds. The predicted octanol–water partition coefficient (Wildman–Crippen LogP) is 2.67. The number of aryl methyl sites for hydroxylation is 2. The third kappa shape index (κ3) is 1.92. The summed E-state index contributed by atoms with van der Waals surface area (Å²) in [7, 11) is 0. The predicted molar refractivity (Wildman–Crippen MR) is 63.3 cm³/mol. The second-order valence-electron chi connectivity index (χ2n) is 3.99. The first kappa shape index (κ1) is 9.97. The highest BCUT2D eigenvalue weighted by Crippen LogP contribution is 2.25. The second-order valence-corrected chi connectivity index (χ2v) is 5.28. The number of halogens is 1. The fourth-order valence-corrected chi connectivity index (χ4v) is 2.50. The molecule has 1 aromatic rings. The normalized spacial score (nSPS) is 21.6. The van der Waals surface area contributed by atoms with Crippen molar-refractivity contribution in [2.75, 3.05) is 18.0 Å². The Labute approximate surface area is 93.5 Å². The van der Waals surface area contributed by atoms with Crippen LogP contribution in [0.15, 0.2) is 12.3 Å². The molecule has 0 bridgehead atoms. The molecule has 2 heterocycles. The fraction of sp³-hybridized carbons (Fsp3) is 0.545. The molecule has 1 saturated heterocycles. The van der Waals surface area contributed by atoms with E-state index in [1.807, 2.05) is 6.20 Å². The first-order valence-corrected chi connectivity index (χ1v) is 5.90. The highest BCUT2D eigenvalue weighted by Gasteiger charge is 2.21. The summed E-state index contributed by atoms with van der Waals surface area (Å²) in [6, 6.07) is 2.20. The molecule has 3 heteroatoms. The van der Waals surface area contributed by atoms with Crippen LogP contribution in [0, 0.1) is 13.8 Å². The standard InChI is InChI=1S/C11H15BrN2/c1-8-5-9(2)11(13-6-8)14-4-3-10(12)7-14/h5-6,10H,3-4,7H2,1-2H3. The largest absolute Gasteiger partial charge is 0.355 e. The van der Waals surface area contributed by atoms with E-state index in [-0.39, 0.29) is 0 Å². The zero-order valence-electron chi connectivity index (χ0n) is 8.63. The molecule has 0 N–H and O–H groups in total. The molecule has 1 atom stereocenters. The number of rotatable bonds is 1. The van der Waals surface area contributed by atoms with E-state index in [0.29, 0.717) is 4.83 Å². The van der Waals surface area contributed by atoms with E-state index in [1.54, 1.807) is 0 Å². The van der Waals surface area contributed by atoms with Crippen LogP contribution in [0.25, 0.3) is 0 Å². The van der Waals surface area contributed by atoms with Gasteiger partial charge in [0.2, 0.25) is 0 Å². The molecule has 0 aliphatic carbocycles. The third-order valence-corrected chi connectivity index (χ3v) is 3.37. The summed E-state index contributed by atoms with van der Waals surface area (Å²) in [6.07, 6.45) is 3.17. The van der Waals surface area contributed by atoms with Gasteiger partial charge in [0.05, 0.1) is 0 Å². The summed E-state index contributed by atoms with van der Waals surface area (Å²) in [6.45, 7) is 6.42. The van der Waals surface area contributed by atoms with Gasteiger partial charge >= 0.3 is 0 Å². The lowest BCUT2D eigenvalue weighted by Crippen LogP contribution is -2.21. The van der Waals surface area contributed by atoms with Gasteiger partial charge in [0.15, 0.2) is 0 Å². The van der Waals surface area contributed by atoms with E-state index in [0.717, 1.165) is 18.9 Å². The van der Waals surface area contributed by atoms with E-state index in [1.165, 1.54) is 17.5 Å². The van der Waals surface area contributed by atoms with E-state index >= 15 is 0 Å². The zero-order chi connectivity index (χ0) is 10.1. The van der Waals surface area contributed by atoms with Crippen molar-refractivity contribution >= 4 is 21.7 Å². The van der Waals surface area contributed by atoms with Crippen LogP contribution >= 0.6 is 15.9 Å². The average molecular weight is 255 g/mol. The SMILES string of the molecule is Cc1cnc(N2CCC(Br)C2)c(C)c1. The number of alkyl halides is 1.